The fraction of sp³-hybridized carbons (Fsp3) is 0.100. The fourth-order valence-electron chi connectivity index (χ4n) is 2.41. The molecule has 0 fully saturated rings. The lowest BCUT2D eigenvalue weighted by molar-refractivity contribution is -0.274. The van der Waals surface area contributed by atoms with E-state index in [4.69, 9.17) is 4.84 Å². The molecule has 0 aliphatic heterocycles. The molecule has 0 saturated carbocycles. The minimum absolute atomic E-state index is 0.0358. The van der Waals surface area contributed by atoms with E-state index in [2.05, 4.69) is 10.1 Å². The molecule has 0 atom stereocenters. The summed E-state index contributed by atoms with van der Waals surface area (Å²) in [6.45, 7) is -0.0358. The molecule has 30 heavy (non-hydrogen) atoms. The van der Waals surface area contributed by atoms with Crippen LogP contribution in [0.5, 0.6) is 5.75 Å². The van der Waals surface area contributed by atoms with Gasteiger partial charge in [-0.05, 0) is 54.1 Å². The SMILES string of the molecule is O=C(Nc1ccc(OC(F)(F)F)cc1)c1cccn(OCc2ccc(F)cc2)c1=O. The molecule has 0 radical (unpaired) electrons. The Morgan fingerprint density at radius 3 is 2.30 bits per heavy atom. The lowest BCUT2D eigenvalue weighted by Crippen LogP contribution is -2.32. The third kappa shape index (κ3) is 5.60. The third-order valence-corrected chi connectivity index (χ3v) is 3.79. The van der Waals surface area contributed by atoms with Gasteiger partial charge in [-0.3, -0.25) is 9.59 Å². The standard InChI is InChI=1S/C20H14F4N2O4/c21-14-5-3-13(4-6-14)12-29-26-11-1-2-17(19(26)28)18(27)25-15-7-9-16(10-8-15)30-20(22,23)24/h1-11H,12H2,(H,25,27). The number of alkyl halides is 3. The van der Waals surface area contributed by atoms with Crippen molar-refractivity contribution < 1.29 is 31.9 Å². The van der Waals surface area contributed by atoms with Gasteiger partial charge >= 0.3 is 6.36 Å². The van der Waals surface area contributed by atoms with Gasteiger partial charge < -0.3 is 14.9 Å². The maximum atomic E-state index is 12.9. The highest BCUT2D eigenvalue weighted by Gasteiger charge is 2.31. The summed E-state index contributed by atoms with van der Waals surface area (Å²) >= 11 is 0. The highest BCUT2D eigenvalue weighted by molar-refractivity contribution is 6.03. The van der Waals surface area contributed by atoms with E-state index in [-0.39, 0.29) is 17.9 Å². The number of amides is 1. The van der Waals surface area contributed by atoms with Crippen molar-refractivity contribution in [1.82, 2.24) is 4.73 Å². The fourth-order valence-corrected chi connectivity index (χ4v) is 2.41. The summed E-state index contributed by atoms with van der Waals surface area (Å²) in [4.78, 5) is 30.2. The molecule has 0 unspecified atom stereocenters. The highest BCUT2D eigenvalue weighted by atomic mass is 19.4. The van der Waals surface area contributed by atoms with E-state index in [1.54, 1.807) is 0 Å². The first kappa shape index (κ1) is 20.9. The van der Waals surface area contributed by atoms with Crippen LogP contribution >= 0.6 is 0 Å². The molecule has 3 aromatic rings. The van der Waals surface area contributed by atoms with Gasteiger partial charge in [0.25, 0.3) is 11.5 Å². The summed E-state index contributed by atoms with van der Waals surface area (Å²) in [6, 6.07) is 12.6. The van der Waals surface area contributed by atoms with Crippen molar-refractivity contribution in [2.45, 2.75) is 13.0 Å². The molecule has 1 aromatic heterocycles. The van der Waals surface area contributed by atoms with Crippen LogP contribution in [0.4, 0.5) is 23.2 Å². The van der Waals surface area contributed by atoms with Crippen molar-refractivity contribution in [2.75, 3.05) is 5.32 Å². The lowest BCUT2D eigenvalue weighted by atomic mass is 10.2. The number of pyridine rings is 1. The van der Waals surface area contributed by atoms with Gasteiger partial charge in [-0.1, -0.05) is 12.1 Å². The molecule has 0 saturated heterocycles. The van der Waals surface area contributed by atoms with Gasteiger partial charge in [0, 0.05) is 11.9 Å². The zero-order valence-electron chi connectivity index (χ0n) is 15.2. The van der Waals surface area contributed by atoms with E-state index >= 15 is 0 Å². The van der Waals surface area contributed by atoms with Crippen LogP contribution in [0.2, 0.25) is 0 Å². The second-order valence-corrected chi connectivity index (χ2v) is 5.98. The molecular formula is C20H14F4N2O4. The Kier molecular flexibility index (Phi) is 6.05. The first-order chi connectivity index (χ1) is 14.2. The zero-order chi connectivity index (χ0) is 21.7. The number of halogens is 4. The van der Waals surface area contributed by atoms with Crippen molar-refractivity contribution in [3.8, 4) is 5.75 Å². The van der Waals surface area contributed by atoms with Gasteiger partial charge in [0.1, 0.15) is 23.7 Å². The van der Waals surface area contributed by atoms with Gasteiger partial charge in [-0.25, -0.2) is 4.39 Å². The molecule has 0 bridgehead atoms. The van der Waals surface area contributed by atoms with Crippen molar-refractivity contribution in [3.05, 3.63) is 94.2 Å². The van der Waals surface area contributed by atoms with E-state index in [1.807, 2.05) is 0 Å². The van der Waals surface area contributed by atoms with Gasteiger partial charge in [-0.15, -0.1) is 13.2 Å². The minimum Gasteiger partial charge on any atom is -0.406 e. The third-order valence-electron chi connectivity index (χ3n) is 3.79. The molecule has 3 rings (SSSR count). The first-order valence-corrected chi connectivity index (χ1v) is 8.48. The Balaban J connectivity index is 1.68. The van der Waals surface area contributed by atoms with E-state index in [0.717, 1.165) is 16.9 Å². The number of carbonyl (C=O) groups excluding carboxylic acids is 1. The Labute approximate surface area is 167 Å². The van der Waals surface area contributed by atoms with E-state index in [0.29, 0.717) is 5.56 Å². The van der Waals surface area contributed by atoms with Gasteiger partial charge in [-0.2, -0.15) is 4.73 Å². The van der Waals surface area contributed by atoms with Crippen LogP contribution in [-0.2, 0) is 6.61 Å². The summed E-state index contributed by atoms with van der Waals surface area (Å²) in [6.07, 6.45) is -3.51. The Hall–Kier alpha value is -3.82. The van der Waals surface area contributed by atoms with Crippen LogP contribution in [0.3, 0.4) is 0 Å². The summed E-state index contributed by atoms with van der Waals surface area (Å²) < 4.78 is 54.1. The zero-order valence-corrected chi connectivity index (χ0v) is 15.2. The Morgan fingerprint density at radius 2 is 1.67 bits per heavy atom. The number of nitrogens with zero attached hydrogens (tertiary/aromatic N) is 1. The molecule has 0 aliphatic carbocycles. The number of benzene rings is 2. The first-order valence-electron chi connectivity index (χ1n) is 8.48. The molecule has 0 aliphatic rings. The van der Waals surface area contributed by atoms with Gasteiger partial charge in [0.05, 0.1) is 0 Å². The minimum atomic E-state index is -4.83. The summed E-state index contributed by atoms with van der Waals surface area (Å²) in [7, 11) is 0. The monoisotopic (exact) mass is 422 g/mol. The Morgan fingerprint density at radius 1 is 1.00 bits per heavy atom. The quantitative estimate of drug-likeness (QED) is 0.614. The molecule has 0 spiro atoms. The summed E-state index contributed by atoms with van der Waals surface area (Å²) in [5, 5.41) is 2.41. The smallest absolute Gasteiger partial charge is 0.406 e. The second-order valence-electron chi connectivity index (χ2n) is 5.98. The number of ether oxygens (including phenoxy) is 1. The predicted octanol–water partition coefficient (Wildman–Crippen LogP) is 3.77. The van der Waals surface area contributed by atoms with Crippen LogP contribution in [-0.4, -0.2) is 17.0 Å². The van der Waals surface area contributed by atoms with E-state index in [1.165, 1.54) is 54.7 Å². The van der Waals surface area contributed by atoms with E-state index in [9.17, 15) is 27.2 Å². The number of hydrogen-bond donors (Lipinski definition) is 1. The number of aromatic nitrogens is 1. The number of hydrogen-bond acceptors (Lipinski definition) is 4. The molecule has 10 heteroatoms. The largest absolute Gasteiger partial charge is 0.573 e. The van der Waals surface area contributed by atoms with E-state index < -0.39 is 29.4 Å². The van der Waals surface area contributed by atoms with Crippen LogP contribution < -0.4 is 20.5 Å². The number of anilines is 1. The molecule has 2 aromatic carbocycles. The van der Waals surface area contributed by atoms with Crippen LogP contribution in [0.15, 0.2) is 71.7 Å². The molecular weight excluding hydrogens is 408 g/mol. The normalized spacial score (nSPS) is 11.1. The molecule has 6 nitrogen and oxygen atoms in total. The second kappa shape index (κ2) is 8.68. The highest BCUT2D eigenvalue weighted by Crippen LogP contribution is 2.24. The van der Waals surface area contributed by atoms with Crippen LogP contribution in [0.1, 0.15) is 15.9 Å². The average Bonchev–Trinajstić information content (AvgIpc) is 2.69. The summed E-state index contributed by atoms with van der Waals surface area (Å²) in [5.74, 6) is -1.63. The molecule has 1 N–H and O–H groups in total. The van der Waals surface area contributed by atoms with Gasteiger partial charge in [0.15, 0.2) is 0 Å². The van der Waals surface area contributed by atoms with Crippen LogP contribution in [0.25, 0.3) is 0 Å². The van der Waals surface area contributed by atoms with Crippen LogP contribution in [0, 0.1) is 5.82 Å². The van der Waals surface area contributed by atoms with Crippen molar-refractivity contribution in [1.29, 1.82) is 0 Å². The molecule has 156 valence electrons. The molecule has 1 heterocycles. The van der Waals surface area contributed by atoms with Crippen molar-refractivity contribution in [3.63, 3.8) is 0 Å². The predicted molar refractivity (Wildman–Crippen MR) is 98.5 cm³/mol. The Bertz CT molecular complexity index is 1080. The number of nitrogens with one attached hydrogen (secondary N) is 1. The van der Waals surface area contributed by atoms with Crippen molar-refractivity contribution in [2.24, 2.45) is 0 Å². The lowest BCUT2D eigenvalue weighted by Gasteiger charge is -2.11. The number of rotatable bonds is 6. The molecule has 1 amide bonds. The van der Waals surface area contributed by atoms with Gasteiger partial charge in [0.2, 0.25) is 0 Å². The average molecular weight is 422 g/mol. The maximum absolute atomic E-state index is 12.9. The number of carbonyl (C=O) groups is 1. The maximum Gasteiger partial charge on any atom is 0.573 e. The summed E-state index contributed by atoms with van der Waals surface area (Å²) in [5.41, 5.74) is -0.211. The van der Waals surface area contributed by atoms with Crippen molar-refractivity contribution >= 4 is 11.6 Å². The topological polar surface area (TPSA) is 69.6 Å².